The van der Waals surface area contributed by atoms with Crippen molar-refractivity contribution in [2.75, 3.05) is 10.6 Å². The Labute approximate surface area is 166 Å². The van der Waals surface area contributed by atoms with E-state index in [1.807, 2.05) is 48.7 Å². The van der Waals surface area contributed by atoms with E-state index in [0.717, 1.165) is 21.8 Å². The van der Waals surface area contributed by atoms with Crippen LogP contribution in [0.15, 0.2) is 47.8 Å². The van der Waals surface area contributed by atoms with Gasteiger partial charge in [0, 0.05) is 34.3 Å². The van der Waals surface area contributed by atoms with Gasteiger partial charge in [0.2, 0.25) is 11.8 Å². The second-order valence-electron chi connectivity index (χ2n) is 6.09. The van der Waals surface area contributed by atoms with Crippen LogP contribution in [0.1, 0.15) is 18.2 Å². The number of halogens is 1. The molecule has 2 N–H and O–H groups in total. The van der Waals surface area contributed by atoms with Crippen LogP contribution in [0.5, 0.6) is 0 Å². The zero-order chi connectivity index (χ0) is 19.4. The summed E-state index contributed by atoms with van der Waals surface area (Å²) in [5.41, 5.74) is 4.00. The van der Waals surface area contributed by atoms with Crippen molar-refractivity contribution in [2.24, 2.45) is 0 Å². The monoisotopic (exact) mass is 399 g/mol. The number of anilines is 2. The van der Waals surface area contributed by atoms with Crippen LogP contribution in [0.3, 0.4) is 0 Å². The Kier molecular flexibility index (Phi) is 5.88. The van der Waals surface area contributed by atoms with E-state index in [1.165, 1.54) is 18.3 Å². The molecule has 2 amide bonds. The number of hydrogen-bond donors (Lipinski definition) is 2. The van der Waals surface area contributed by atoms with E-state index in [0.29, 0.717) is 16.4 Å². The highest BCUT2D eigenvalue weighted by Crippen LogP contribution is 2.26. The standard InChI is InChI=1S/C20H18ClN3O2S/c1-12-3-6-16(9-18(12)21)23-19(26)10-17-11-27-20(24-17)14-4-7-15(8-5-14)22-13(2)25/h3-9,11H,10H2,1-2H3,(H,22,25)(H,23,26). The molecule has 27 heavy (non-hydrogen) atoms. The first-order chi connectivity index (χ1) is 12.9. The van der Waals surface area contributed by atoms with Gasteiger partial charge in [-0.25, -0.2) is 4.98 Å². The number of benzene rings is 2. The van der Waals surface area contributed by atoms with E-state index in [4.69, 9.17) is 11.6 Å². The molecule has 5 nitrogen and oxygen atoms in total. The molecule has 0 fully saturated rings. The van der Waals surface area contributed by atoms with E-state index >= 15 is 0 Å². The minimum atomic E-state index is -0.146. The van der Waals surface area contributed by atoms with Gasteiger partial charge >= 0.3 is 0 Å². The molecule has 0 aliphatic heterocycles. The lowest BCUT2D eigenvalue weighted by Gasteiger charge is -2.06. The second-order valence-corrected chi connectivity index (χ2v) is 7.36. The molecule has 0 saturated carbocycles. The summed E-state index contributed by atoms with van der Waals surface area (Å²) in [4.78, 5) is 27.8. The van der Waals surface area contributed by atoms with Crippen LogP contribution in [-0.2, 0) is 16.0 Å². The lowest BCUT2D eigenvalue weighted by atomic mass is 10.2. The Bertz CT molecular complexity index is 983. The molecule has 3 aromatic rings. The Hall–Kier alpha value is -2.70. The first kappa shape index (κ1) is 19.1. The fourth-order valence-corrected chi connectivity index (χ4v) is 3.47. The number of thiazole rings is 1. The van der Waals surface area contributed by atoms with Crippen LogP contribution in [0.25, 0.3) is 10.6 Å². The molecule has 0 bridgehead atoms. The Morgan fingerprint density at radius 1 is 1.07 bits per heavy atom. The number of hydrogen-bond acceptors (Lipinski definition) is 4. The van der Waals surface area contributed by atoms with Crippen molar-refractivity contribution >= 4 is 46.1 Å². The molecule has 1 heterocycles. The van der Waals surface area contributed by atoms with E-state index in [-0.39, 0.29) is 18.2 Å². The summed E-state index contributed by atoms with van der Waals surface area (Å²) in [5.74, 6) is -0.257. The first-order valence-electron chi connectivity index (χ1n) is 8.29. The molecule has 3 rings (SSSR count). The van der Waals surface area contributed by atoms with Crippen molar-refractivity contribution in [3.8, 4) is 10.6 Å². The normalized spacial score (nSPS) is 10.5. The molecule has 7 heteroatoms. The number of nitrogens with zero attached hydrogens (tertiary/aromatic N) is 1. The Balaban J connectivity index is 1.64. The largest absolute Gasteiger partial charge is 0.326 e. The molecule has 0 unspecified atom stereocenters. The zero-order valence-electron chi connectivity index (χ0n) is 14.9. The fraction of sp³-hybridized carbons (Fsp3) is 0.150. The lowest BCUT2D eigenvalue weighted by Crippen LogP contribution is -2.14. The van der Waals surface area contributed by atoms with Crippen LogP contribution >= 0.6 is 22.9 Å². The third kappa shape index (κ3) is 5.15. The van der Waals surface area contributed by atoms with Crippen LogP contribution in [0, 0.1) is 6.92 Å². The van der Waals surface area contributed by atoms with Gasteiger partial charge in [-0.1, -0.05) is 17.7 Å². The van der Waals surface area contributed by atoms with E-state index in [1.54, 1.807) is 6.07 Å². The van der Waals surface area contributed by atoms with Crippen molar-refractivity contribution in [3.63, 3.8) is 0 Å². The maximum Gasteiger partial charge on any atom is 0.230 e. The predicted molar refractivity (Wildman–Crippen MR) is 110 cm³/mol. The van der Waals surface area contributed by atoms with Gasteiger partial charge in [0.15, 0.2) is 0 Å². The number of amides is 2. The van der Waals surface area contributed by atoms with Gasteiger partial charge < -0.3 is 10.6 Å². The van der Waals surface area contributed by atoms with Gasteiger partial charge in [-0.3, -0.25) is 9.59 Å². The van der Waals surface area contributed by atoms with Crippen LogP contribution in [0.2, 0.25) is 5.02 Å². The van der Waals surface area contributed by atoms with Gasteiger partial charge in [0.1, 0.15) is 5.01 Å². The van der Waals surface area contributed by atoms with Gasteiger partial charge in [0.05, 0.1) is 12.1 Å². The van der Waals surface area contributed by atoms with Crippen molar-refractivity contribution in [3.05, 3.63) is 64.1 Å². The SMILES string of the molecule is CC(=O)Nc1ccc(-c2nc(CC(=O)Nc3ccc(C)c(Cl)c3)cs2)cc1. The molecular formula is C20H18ClN3O2S. The minimum absolute atomic E-state index is 0.111. The van der Waals surface area contributed by atoms with Crippen molar-refractivity contribution < 1.29 is 9.59 Å². The number of rotatable bonds is 5. The summed E-state index contributed by atoms with van der Waals surface area (Å²) in [5, 5.41) is 8.88. The predicted octanol–water partition coefficient (Wildman–Crippen LogP) is 4.91. The van der Waals surface area contributed by atoms with Gasteiger partial charge in [0.25, 0.3) is 0 Å². The molecule has 0 radical (unpaired) electrons. The van der Waals surface area contributed by atoms with E-state index in [2.05, 4.69) is 15.6 Å². The highest BCUT2D eigenvalue weighted by Gasteiger charge is 2.10. The molecule has 0 atom stereocenters. The topological polar surface area (TPSA) is 71.1 Å². The third-order valence-corrected chi connectivity index (χ3v) is 5.15. The van der Waals surface area contributed by atoms with Crippen LogP contribution < -0.4 is 10.6 Å². The number of aromatic nitrogens is 1. The summed E-state index contributed by atoms with van der Waals surface area (Å²) in [6, 6.07) is 12.9. The molecule has 2 aromatic carbocycles. The molecule has 1 aromatic heterocycles. The van der Waals surface area contributed by atoms with Crippen LogP contribution in [0.4, 0.5) is 11.4 Å². The number of nitrogens with one attached hydrogen (secondary N) is 2. The van der Waals surface area contributed by atoms with Gasteiger partial charge in [-0.2, -0.15) is 0 Å². The molecular weight excluding hydrogens is 382 g/mol. The summed E-state index contributed by atoms with van der Waals surface area (Å²) >= 11 is 7.56. The second kappa shape index (κ2) is 8.33. The van der Waals surface area contributed by atoms with E-state index < -0.39 is 0 Å². The summed E-state index contributed by atoms with van der Waals surface area (Å²) in [6.07, 6.45) is 0.186. The fourth-order valence-electron chi connectivity index (χ4n) is 2.46. The molecule has 0 aliphatic rings. The van der Waals surface area contributed by atoms with Crippen molar-refractivity contribution in [1.82, 2.24) is 4.98 Å². The molecule has 0 spiro atoms. The van der Waals surface area contributed by atoms with E-state index in [9.17, 15) is 9.59 Å². The minimum Gasteiger partial charge on any atom is -0.326 e. The first-order valence-corrected chi connectivity index (χ1v) is 9.55. The van der Waals surface area contributed by atoms with Crippen molar-refractivity contribution in [1.29, 1.82) is 0 Å². The Morgan fingerprint density at radius 3 is 2.44 bits per heavy atom. The molecule has 0 aliphatic carbocycles. The summed E-state index contributed by atoms with van der Waals surface area (Å²) in [6.45, 7) is 3.38. The summed E-state index contributed by atoms with van der Waals surface area (Å²) in [7, 11) is 0. The van der Waals surface area contributed by atoms with Crippen molar-refractivity contribution in [2.45, 2.75) is 20.3 Å². The highest BCUT2D eigenvalue weighted by atomic mass is 35.5. The maximum absolute atomic E-state index is 12.2. The number of carbonyl (C=O) groups excluding carboxylic acids is 2. The van der Waals surface area contributed by atoms with Gasteiger partial charge in [-0.15, -0.1) is 11.3 Å². The van der Waals surface area contributed by atoms with Gasteiger partial charge in [-0.05, 0) is 48.9 Å². The molecule has 0 saturated heterocycles. The zero-order valence-corrected chi connectivity index (χ0v) is 16.4. The molecule has 138 valence electrons. The Morgan fingerprint density at radius 2 is 1.78 bits per heavy atom. The lowest BCUT2D eigenvalue weighted by molar-refractivity contribution is -0.116. The van der Waals surface area contributed by atoms with Crippen LogP contribution in [-0.4, -0.2) is 16.8 Å². The average molecular weight is 400 g/mol. The average Bonchev–Trinajstić information content (AvgIpc) is 3.06. The third-order valence-electron chi connectivity index (χ3n) is 3.80. The number of carbonyl (C=O) groups is 2. The number of aryl methyl sites for hydroxylation is 1. The summed E-state index contributed by atoms with van der Waals surface area (Å²) < 4.78 is 0. The highest BCUT2D eigenvalue weighted by molar-refractivity contribution is 7.13. The maximum atomic E-state index is 12.2. The smallest absolute Gasteiger partial charge is 0.230 e. The quantitative estimate of drug-likeness (QED) is 0.640.